The standard InChI is InChI=1S/C15H16ClNO8/c1-23-12(18)6-7-15(13(19)24-2,14(20)25-3)10-5-4-9(17(21)22)8-11(10)16/h4-5,8H,6-7H2,1-3H3. The van der Waals surface area contributed by atoms with E-state index in [1.54, 1.807) is 0 Å². The fourth-order valence-electron chi connectivity index (χ4n) is 2.35. The van der Waals surface area contributed by atoms with Crippen LogP contribution in [0.15, 0.2) is 18.2 Å². The molecule has 0 heterocycles. The normalized spacial score (nSPS) is 10.7. The smallest absolute Gasteiger partial charge is 0.327 e. The van der Waals surface area contributed by atoms with Crippen molar-refractivity contribution < 1.29 is 33.5 Å². The summed E-state index contributed by atoms with van der Waals surface area (Å²) in [7, 11) is 3.26. The van der Waals surface area contributed by atoms with Crippen molar-refractivity contribution in [3.05, 3.63) is 38.9 Å². The van der Waals surface area contributed by atoms with Gasteiger partial charge in [-0.2, -0.15) is 0 Å². The zero-order valence-corrected chi connectivity index (χ0v) is 14.5. The summed E-state index contributed by atoms with van der Waals surface area (Å²) >= 11 is 6.07. The number of nitrogens with zero attached hydrogens (tertiary/aromatic N) is 1. The SMILES string of the molecule is COC(=O)CCC(C(=O)OC)(C(=O)OC)c1ccc([N+](=O)[O-])cc1Cl. The number of methoxy groups -OCH3 is 3. The zero-order chi connectivity index (χ0) is 19.2. The molecule has 0 aliphatic heterocycles. The Morgan fingerprint density at radius 1 is 1.12 bits per heavy atom. The Hall–Kier alpha value is -2.68. The molecule has 9 nitrogen and oxygen atoms in total. The molecular formula is C15H16ClNO8. The molecule has 0 aliphatic carbocycles. The first-order valence-corrected chi connectivity index (χ1v) is 7.30. The number of esters is 3. The predicted molar refractivity (Wildman–Crippen MR) is 85.1 cm³/mol. The second-order valence-corrected chi connectivity index (χ2v) is 5.29. The van der Waals surface area contributed by atoms with Gasteiger partial charge < -0.3 is 14.2 Å². The van der Waals surface area contributed by atoms with Gasteiger partial charge in [0.15, 0.2) is 5.41 Å². The van der Waals surface area contributed by atoms with E-state index >= 15 is 0 Å². The molecule has 0 radical (unpaired) electrons. The minimum Gasteiger partial charge on any atom is -0.469 e. The third-order valence-electron chi connectivity index (χ3n) is 3.62. The van der Waals surface area contributed by atoms with Gasteiger partial charge >= 0.3 is 17.9 Å². The molecule has 1 aromatic carbocycles. The zero-order valence-electron chi connectivity index (χ0n) is 13.7. The molecule has 0 aromatic heterocycles. The van der Waals surface area contributed by atoms with Gasteiger partial charge in [0.2, 0.25) is 0 Å². The highest BCUT2D eigenvalue weighted by atomic mass is 35.5. The van der Waals surface area contributed by atoms with Crippen LogP contribution in [0.4, 0.5) is 5.69 Å². The Bertz CT molecular complexity index is 687. The number of carbonyl (C=O) groups excluding carboxylic acids is 3. The van der Waals surface area contributed by atoms with Gasteiger partial charge in [0, 0.05) is 18.6 Å². The maximum absolute atomic E-state index is 12.4. The highest BCUT2D eigenvalue weighted by molar-refractivity contribution is 6.32. The molecule has 10 heteroatoms. The Balaban J connectivity index is 3.57. The van der Waals surface area contributed by atoms with Crippen molar-refractivity contribution in [1.82, 2.24) is 0 Å². The lowest BCUT2D eigenvalue weighted by atomic mass is 9.76. The first-order valence-electron chi connectivity index (χ1n) is 6.92. The summed E-state index contributed by atoms with van der Waals surface area (Å²) in [6.07, 6.45) is -0.662. The van der Waals surface area contributed by atoms with E-state index < -0.39 is 28.2 Å². The Kier molecular flexibility index (Phi) is 6.86. The molecule has 1 aromatic rings. The molecule has 0 saturated heterocycles. The lowest BCUT2D eigenvalue weighted by molar-refractivity contribution is -0.384. The number of rotatable bonds is 7. The average Bonchev–Trinajstić information content (AvgIpc) is 2.61. The van der Waals surface area contributed by atoms with E-state index in [-0.39, 0.29) is 29.1 Å². The second kappa shape index (κ2) is 8.43. The van der Waals surface area contributed by atoms with Crippen molar-refractivity contribution in [1.29, 1.82) is 0 Å². The van der Waals surface area contributed by atoms with Gasteiger partial charge in [0.1, 0.15) is 0 Å². The highest BCUT2D eigenvalue weighted by Gasteiger charge is 2.51. The van der Waals surface area contributed by atoms with E-state index in [1.165, 1.54) is 0 Å². The van der Waals surface area contributed by atoms with Crippen LogP contribution in [0, 0.1) is 10.1 Å². The van der Waals surface area contributed by atoms with Crippen molar-refractivity contribution in [2.24, 2.45) is 0 Å². The molecular weight excluding hydrogens is 358 g/mol. The maximum atomic E-state index is 12.4. The molecule has 25 heavy (non-hydrogen) atoms. The maximum Gasteiger partial charge on any atom is 0.327 e. The summed E-state index contributed by atoms with van der Waals surface area (Å²) in [6.45, 7) is 0. The van der Waals surface area contributed by atoms with Gasteiger partial charge in [-0.3, -0.25) is 24.5 Å². The Morgan fingerprint density at radius 3 is 2.08 bits per heavy atom. The number of carbonyl (C=O) groups is 3. The summed E-state index contributed by atoms with van der Waals surface area (Å²) in [4.78, 5) is 46.5. The van der Waals surface area contributed by atoms with Crippen LogP contribution in [-0.2, 0) is 34.0 Å². The number of nitro groups is 1. The molecule has 0 amide bonds. The lowest BCUT2D eigenvalue weighted by Gasteiger charge is -2.29. The van der Waals surface area contributed by atoms with Crippen LogP contribution in [0.25, 0.3) is 0 Å². The minimum atomic E-state index is -2.07. The molecule has 0 atom stereocenters. The fourth-order valence-corrected chi connectivity index (χ4v) is 2.68. The molecule has 0 spiro atoms. The number of hydrogen-bond donors (Lipinski definition) is 0. The fraction of sp³-hybridized carbons (Fsp3) is 0.400. The summed E-state index contributed by atoms with van der Waals surface area (Å²) < 4.78 is 13.9. The molecule has 0 N–H and O–H groups in total. The van der Waals surface area contributed by atoms with E-state index in [0.717, 1.165) is 39.5 Å². The largest absolute Gasteiger partial charge is 0.469 e. The molecule has 0 bridgehead atoms. The average molecular weight is 374 g/mol. The number of ether oxygens (including phenoxy) is 3. The molecule has 136 valence electrons. The van der Waals surface area contributed by atoms with Crippen molar-refractivity contribution >= 4 is 35.2 Å². The third-order valence-corrected chi connectivity index (χ3v) is 3.94. The van der Waals surface area contributed by atoms with Crippen LogP contribution in [0.3, 0.4) is 0 Å². The molecule has 0 fully saturated rings. The van der Waals surface area contributed by atoms with Gasteiger partial charge in [-0.05, 0) is 18.1 Å². The van der Waals surface area contributed by atoms with Crippen LogP contribution in [0.1, 0.15) is 18.4 Å². The topological polar surface area (TPSA) is 122 Å². The third kappa shape index (κ3) is 4.05. The molecule has 0 aliphatic rings. The minimum absolute atomic E-state index is 0.0673. The van der Waals surface area contributed by atoms with Gasteiger partial charge in [-0.1, -0.05) is 11.6 Å². The quantitative estimate of drug-likeness (QED) is 0.233. The lowest BCUT2D eigenvalue weighted by Crippen LogP contribution is -2.46. The Morgan fingerprint density at radius 2 is 1.68 bits per heavy atom. The monoisotopic (exact) mass is 373 g/mol. The predicted octanol–water partition coefficient (Wildman–Crippen LogP) is 1.79. The Labute approximate surface area is 147 Å². The molecule has 0 saturated carbocycles. The van der Waals surface area contributed by atoms with Gasteiger partial charge in [0.25, 0.3) is 5.69 Å². The number of non-ortho nitro benzene ring substituents is 1. The van der Waals surface area contributed by atoms with E-state index in [4.69, 9.17) is 21.1 Å². The van der Waals surface area contributed by atoms with Gasteiger partial charge in [-0.25, -0.2) is 0 Å². The van der Waals surface area contributed by atoms with Gasteiger partial charge in [0.05, 0.1) is 31.3 Å². The van der Waals surface area contributed by atoms with E-state index in [0.29, 0.717) is 0 Å². The number of hydrogen-bond acceptors (Lipinski definition) is 8. The van der Waals surface area contributed by atoms with Gasteiger partial charge in [-0.15, -0.1) is 0 Å². The molecule has 1 rings (SSSR count). The number of benzene rings is 1. The summed E-state index contributed by atoms with van der Waals surface area (Å²) in [5.41, 5.74) is -2.46. The second-order valence-electron chi connectivity index (χ2n) is 4.89. The van der Waals surface area contributed by atoms with E-state index in [1.807, 2.05) is 0 Å². The van der Waals surface area contributed by atoms with E-state index in [2.05, 4.69) is 4.74 Å². The first kappa shape index (κ1) is 20.4. The number of nitro benzene ring substituents is 1. The number of halogens is 1. The van der Waals surface area contributed by atoms with Crippen molar-refractivity contribution in [3.63, 3.8) is 0 Å². The van der Waals surface area contributed by atoms with Crippen LogP contribution < -0.4 is 0 Å². The van der Waals surface area contributed by atoms with Crippen molar-refractivity contribution in [3.8, 4) is 0 Å². The summed E-state index contributed by atoms with van der Waals surface area (Å²) in [6, 6.07) is 3.24. The van der Waals surface area contributed by atoms with Crippen molar-refractivity contribution in [2.75, 3.05) is 21.3 Å². The van der Waals surface area contributed by atoms with Crippen LogP contribution in [0.2, 0.25) is 5.02 Å². The van der Waals surface area contributed by atoms with Crippen LogP contribution in [0.5, 0.6) is 0 Å². The summed E-state index contributed by atoms with van der Waals surface area (Å²) in [5, 5.41) is 10.6. The molecule has 0 unspecified atom stereocenters. The highest BCUT2D eigenvalue weighted by Crippen LogP contribution is 2.38. The van der Waals surface area contributed by atoms with E-state index in [9.17, 15) is 24.5 Å². The summed E-state index contributed by atoms with van der Waals surface area (Å²) in [5.74, 6) is -2.70. The van der Waals surface area contributed by atoms with Crippen LogP contribution in [-0.4, -0.2) is 44.2 Å². The van der Waals surface area contributed by atoms with Crippen LogP contribution >= 0.6 is 11.6 Å². The van der Waals surface area contributed by atoms with Crippen molar-refractivity contribution in [2.45, 2.75) is 18.3 Å². The first-order chi connectivity index (χ1) is 11.7.